The number of fused-ring (bicyclic) bond motifs is 6. The summed E-state index contributed by atoms with van der Waals surface area (Å²) in [5.74, 6) is -0.614. The zero-order valence-corrected chi connectivity index (χ0v) is 63.3. The quantitative estimate of drug-likeness (QED) is 0.0491. The van der Waals surface area contributed by atoms with E-state index in [0.717, 1.165) is 151 Å². The first kappa shape index (κ1) is 75.1. The van der Waals surface area contributed by atoms with Gasteiger partial charge in [-0.15, -0.1) is 0 Å². The number of nitrogens with zero attached hydrogens (tertiary/aromatic N) is 4. The number of carbonyl (C=O) groups is 3. The molecule has 16 aromatic carbocycles. The standard InChI is InChI=1S/C53H36N2O3.C50H35NO2.C3H3NO2/c1-54-50(52(56)57)35-37-21-23-38(24-22-37)39-25-29-43(30-26-39)53(42-13-5-2-6-14-42)34-33-41-36-49(47-19-11-12-20-48(47)51(41)58-53)40-27-31-46(32-28-40)55(44-15-7-3-8-16-44)45-17-9-4-10-18-45;52-35-36-20-22-37(23-21-36)38-24-28-42(29-25-38)50(41-12-4-1-5-13-41)33-32-40-34-48(46-18-10-11-19-47(46)49(40)53-50)39-26-30-45(31-27-39)51(43-14-6-2-7-15-43)44-16-8-3-9-17-44;1-4-2-3(5)6/h2-36H,(H,56,57);1-35H;2H2,(H,5,6)/b50-35+;;. The van der Waals surface area contributed by atoms with Crippen LogP contribution in [0.4, 0.5) is 34.1 Å². The van der Waals surface area contributed by atoms with Gasteiger partial charge in [-0.1, -0.05) is 315 Å². The number of aldehydes is 1. The Hall–Kier alpha value is -16.0. The topological polar surface area (TPSA) is 125 Å². The van der Waals surface area contributed by atoms with E-state index in [4.69, 9.17) is 27.7 Å². The molecule has 2 unspecified atom stereocenters. The maximum atomic E-state index is 11.3. The van der Waals surface area contributed by atoms with Crippen LogP contribution in [-0.4, -0.2) is 35.0 Å². The second kappa shape index (κ2) is 33.9. The molecule has 0 aromatic heterocycles. The molecule has 117 heavy (non-hydrogen) atoms. The smallest absolute Gasteiger partial charge is 0.384 e. The highest BCUT2D eigenvalue weighted by atomic mass is 16.5. The fourth-order valence-corrected chi connectivity index (χ4v) is 15.3. The van der Waals surface area contributed by atoms with Crippen molar-refractivity contribution in [2.45, 2.75) is 11.2 Å². The van der Waals surface area contributed by atoms with Gasteiger partial charge in [0.15, 0.2) is 11.2 Å². The van der Waals surface area contributed by atoms with Crippen LogP contribution in [-0.2, 0) is 20.8 Å². The fourth-order valence-electron chi connectivity index (χ4n) is 15.3. The number of rotatable bonds is 18. The molecule has 18 rings (SSSR count). The number of hydrogen-bond acceptors (Lipinski definition) is 7. The van der Waals surface area contributed by atoms with Crippen LogP contribution in [0, 0.1) is 13.1 Å². The molecule has 2 aliphatic heterocycles. The number of carboxylic acids is 2. The molecular weight excluding hydrogens is 1440 g/mol. The Morgan fingerprint density at radius 1 is 0.342 bits per heavy atom. The van der Waals surface area contributed by atoms with E-state index >= 15 is 0 Å². The van der Waals surface area contributed by atoms with E-state index in [-0.39, 0.29) is 5.70 Å². The number of para-hydroxylation sites is 4. The van der Waals surface area contributed by atoms with Crippen LogP contribution in [0.3, 0.4) is 0 Å². The van der Waals surface area contributed by atoms with Crippen LogP contribution in [0.1, 0.15) is 49.3 Å². The van der Waals surface area contributed by atoms with Gasteiger partial charge in [0, 0.05) is 83.8 Å². The predicted molar refractivity (Wildman–Crippen MR) is 472 cm³/mol. The van der Waals surface area contributed by atoms with E-state index in [1.165, 1.54) is 6.08 Å². The highest BCUT2D eigenvalue weighted by Gasteiger charge is 2.40. The first-order chi connectivity index (χ1) is 57.5. The van der Waals surface area contributed by atoms with E-state index in [1.54, 1.807) is 0 Å². The maximum absolute atomic E-state index is 11.3. The van der Waals surface area contributed by atoms with Crippen LogP contribution >= 0.6 is 0 Å². The van der Waals surface area contributed by atoms with Crippen LogP contribution in [0.5, 0.6) is 11.5 Å². The van der Waals surface area contributed by atoms with Crippen molar-refractivity contribution in [3.8, 4) is 56.0 Å². The molecule has 2 heterocycles. The molecule has 0 amide bonds. The minimum absolute atomic E-state index is 0.321. The molecule has 0 fully saturated rings. The van der Waals surface area contributed by atoms with Crippen molar-refractivity contribution < 1.29 is 34.1 Å². The molecule has 2 aliphatic rings. The number of carbonyl (C=O) groups excluding carboxylic acids is 1. The Kier molecular flexibility index (Phi) is 21.8. The average molecular weight is 1520 g/mol. The number of aliphatic carboxylic acids is 2. The molecule has 2 N–H and O–H groups in total. The van der Waals surface area contributed by atoms with Crippen molar-refractivity contribution in [2.24, 2.45) is 0 Å². The maximum Gasteiger partial charge on any atom is 0.384 e. The third kappa shape index (κ3) is 15.8. The Bertz CT molecular complexity index is 6380. The van der Waals surface area contributed by atoms with Crippen molar-refractivity contribution in [3.05, 3.63) is 473 Å². The SMILES string of the molecule is O=Cc1ccc(-c2ccc(C3(c4ccccc4)C=Cc4cc(-c5ccc(N(c6ccccc6)c6ccccc6)cc5)c5ccccc5c4O3)cc2)cc1.[C-]#[N+]/C(=C/c1ccc(-c2ccc(C3(c4ccccc4)C=Cc4cc(-c5ccc(N(c6ccccc6)c6ccccc6)cc5)c5ccccc5c4O3)cc2)cc1)C(=O)O.[C-]#[N+]CC(=O)O. The summed E-state index contributed by atoms with van der Waals surface area (Å²) in [6.45, 7) is 12.7. The van der Waals surface area contributed by atoms with Gasteiger partial charge < -0.3 is 34.3 Å². The summed E-state index contributed by atoms with van der Waals surface area (Å²) in [6, 6.07) is 134. The number of benzene rings is 16. The first-order valence-electron chi connectivity index (χ1n) is 38.2. The second-order valence-electron chi connectivity index (χ2n) is 28.1. The molecule has 11 heteroatoms. The van der Waals surface area contributed by atoms with Gasteiger partial charge in [0.2, 0.25) is 0 Å². The van der Waals surface area contributed by atoms with Crippen LogP contribution < -0.4 is 19.3 Å². The van der Waals surface area contributed by atoms with Crippen molar-refractivity contribution in [1.82, 2.24) is 0 Å². The highest BCUT2D eigenvalue weighted by molar-refractivity contribution is 6.05. The third-order valence-electron chi connectivity index (χ3n) is 21.0. The zero-order valence-electron chi connectivity index (χ0n) is 63.3. The number of anilines is 6. The van der Waals surface area contributed by atoms with Crippen molar-refractivity contribution in [1.29, 1.82) is 0 Å². The largest absolute Gasteiger partial charge is 0.486 e. The van der Waals surface area contributed by atoms with Crippen molar-refractivity contribution in [3.63, 3.8) is 0 Å². The fraction of sp³-hybridized carbons (Fsp3) is 0.0283. The number of hydrogen-bond donors (Lipinski definition) is 2. The second-order valence-corrected chi connectivity index (χ2v) is 28.1. The van der Waals surface area contributed by atoms with E-state index in [9.17, 15) is 19.5 Å². The van der Waals surface area contributed by atoms with Gasteiger partial charge in [0.05, 0.1) is 6.57 Å². The Morgan fingerprint density at radius 2 is 0.632 bits per heavy atom. The lowest BCUT2D eigenvalue weighted by Crippen LogP contribution is -2.34. The molecule has 0 spiro atoms. The number of ether oxygens (including phenoxy) is 2. The van der Waals surface area contributed by atoms with Crippen LogP contribution in [0.25, 0.3) is 94.0 Å². The Balaban J connectivity index is 0.000000164. The van der Waals surface area contributed by atoms with Crippen molar-refractivity contribution in [2.75, 3.05) is 16.3 Å². The van der Waals surface area contributed by atoms with Gasteiger partial charge in [-0.2, -0.15) is 0 Å². The minimum Gasteiger partial charge on any atom is -0.486 e. The van der Waals surface area contributed by atoms with E-state index < -0.39 is 29.7 Å². The van der Waals surface area contributed by atoms with Gasteiger partial charge in [-0.25, -0.2) is 16.2 Å². The van der Waals surface area contributed by atoms with Crippen LogP contribution in [0.15, 0.2) is 406 Å². The van der Waals surface area contributed by atoms with Gasteiger partial charge in [0.1, 0.15) is 17.8 Å². The Labute approximate surface area is 679 Å². The molecule has 560 valence electrons. The summed E-state index contributed by atoms with van der Waals surface area (Å²) in [7, 11) is 0. The first-order valence-corrected chi connectivity index (χ1v) is 38.2. The Morgan fingerprint density at radius 3 is 0.940 bits per heavy atom. The van der Waals surface area contributed by atoms with Gasteiger partial charge in [0.25, 0.3) is 5.70 Å². The van der Waals surface area contributed by atoms with Gasteiger partial charge in [-0.05, 0) is 164 Å². The summed E-state index contributed by atoms with van der Waals surface area (Å²) in [5.41, 5.74) is 20.6. The minimum atomic E-state index is -1.24. The lowest BCUT2D eigenvalue weighted by atomic mass is 9.82. The predicted octanol–water partition coefficient (Wildman–Crippen LogP) is 26.1. The summed E-state index contributed by atoms with van der Waals surface area (Å²) < 4.78 is 14.6. The van der Waals surface area contributed by atoms with Crippen LogP contribution in [0.2, 0.25) is 0 Å². The molecule has 2 atom stereocenters. The molecule has 0 saturated carbocycles. The normalized spacial score (nSPS) is 14.2. The molecule has 0 saturated heterocycles. The summed E-state index contributed by atoms with van der Waals surface area (Å²) >= 11 is 0. The molecule has 0 aliphatic carbocycles. The van der Waals surface area contributed by atoms with E-state index in [1.807, 2.05) is 97.1 Å². The third-order valence-corrected chi connectivity index (χ3v) is 21.0. The monoisotopic (exact) mass is 1510 g/mol. The lowest BCUT2D eigenvalue weighted by Gasteiger charge is -2.37. The van der Waals surface area contributed by atoms with E-state index in [0.29, 0.717) is 11.1 Å². The average Bonchev–Trinajstić information content (AvgIpc) is 0.734. The number of carboxylic acid groups (broad SMARTS) is 2. The summed E-state index contributed by atoms with van der Waals surface area (Å²) in [6.07, 6.45) is 11.0. The molecule has 11 nitrogen and oxygen atoms in total. The summed E-state index contributed by atoms with van der Waals surface area (Å²) in [5, 5.41) is 21.3. The molecule has 16 aromatic rings. The van der Waals surface area contributed by atoms with Crippen molar-refractivity contribution >= 4 is 92.1 Å². The lowest BCUT2D eigenvalue weighted by molar-refractivity contribution is -0.135. The van der Waals surface area contributed by atoms with Gasteiger partial charge in [-0.3, -0.25) is 9.59 Å². The summed E-state index contributed by atoms with van der Waals surface area (Å²) in [4.78, 5) is 42.2. The highest BCUT2D eigenvalue weighted by Crippen LogP contribution is 2.51. The zero-order chi connectivity index (χ0) is 80.1. The van der Waals surface area contributed by atoms with E-state index in [2.05, 4.69) is 335 Å². The molecule has 0 bridgehead atoms. The molecular formula is C106H74N4O7. The van der Waals surface area contributed by atoms with Gasteiger partial charge >= 0.3 is 18.5 Å². The molecule has 0 radical (unpaired) electrons.